The average molecular weight is 272 g/mol. The minimum absolute atomic E-state index is 0.395. The minimum Gasteiger partial charge on any atom is -0.478 e. The highest BCUT2D eigenvalue weighted by atomic mass is 32.2. The Morgan fingerprint density at radius 3 is 2.42 bits per heavy atom. The normalized spacial score (nSPS) is 16.0. The lowest BCUT2D eigenvalue weighted by molar-refractivity contribution is 0.0699. The summed E-state index contributed by atoms with van der Waals surface area (Å²) in [5, 5.41) is 11.9. The van der Waals surface area contributed by atoms with Gasteiger partial charge in [-0.3, -0.25) is 0 Å². The number of aromatic carboxylic acids is 1. The van der Waals surface area contributed by atoms with Crippen LogP contribution in [0.2, 0.25) is 0 Å². The highest BCUT2D eigenvalue weighted by molar-refractivity contribution is 8.00. The van der Waals surface area contributed by atoms with E-state index in [1.165, 1.54) is 30.6 Å². The molecule has 1 N–H and O–H groups in total. The third kappa shape index (κ3) is 2.47. The van der Waals surface area contributed by atoms with Crippen LogP contribution >= 0.6 is 11.8 Å². The number of hydrogen-bond donors (Lipinski definition) is 1. The fourth-order valence-electron chi connectivity index (χ4n) is 2.75. The minimum atomic E-state index is -0.853. The van der Waals surface area contributed by atoms with Gasteiger partial charge < -0.3 is 5.11 Å². The summed E-state index contributed by atoms with van der Waals surface area (Å²) in [6.07, 6.45) is 5.20. The van der Waals surface area contributed by atoms with E-state index in [2.05, 4.69) is 0 Å². The predicted octanol–water partition coefficient (Wildman–Crippen LogP) is 4.57. The number of thioether (sulfide) groups is 1. The molecule has 1 aliphatic carbocycles. The van der Waals surface area contributed by atoms with Crippen LogP contribution < -0.4 is 0 Å². The Kier molecular flexibility index (Phi) is 3.47. The van der Waals surface area contributed by atoms with E-state index in [-0.39, 0.29) is 0 Å². The summed E-state index contributed by atoms with van der Waals surface area (Å²) >= 11 is 1.91. The molecule has 0 heterocycles. The second kappa shape index (κ2) is 5.25. The van der Waals surface area contributed by atoms with Gasteiger partial charge in [-0.2, -0.15) is 0 Å². The maximum absolute atomic E-state index is 11.3. The summed E-state index contributed by atoms with van der Waals surface area (Å²) in [5.41, 5.74) is 0.395. The lowest BCUT2D eigenvalue weighted by Gasteiger charge is -2.12. The fraction of sp³-hybridized carbons (Fsp3) is 0.312. The summed E-state index contributed by atoms with van der Waals surface area (Å²) in [5.74, 6) is -0.853. The third-order valence-electron chi connectivity index (χ3n) is 3.71. The van der Waals surface area contributed by atoms with Crippen molar-refractivity contribution in [3.8, 4) is 0 Å². The van der Waals surface area contributed by atoms with E-state index in [1.54, 1.807) is 6.07 Å². The van der Waals surface area contributed by atoms with Gasteiger partial charge in [0.25, 0.3) is 0 Å². The van der Waals surface area contributed by atoms with Crippen molar-refractivity contribution >= 4 is 28.5 Å². The average Bonchev–Trinajstić information content (AvgIpc) is 2.91. The number of carbonyl (C=O) groups is 1. The quantitative estimate of drug-likeness (QED) is 0.889. The molecule has 0 aliphatic heterocycles. The number of rotatable bonds is 3. The molecule has 0 amide bonds. The molecule has 19 heavy (non-hydrogen) atoms. The predicted molar refractivity (Wildman–Crippen MR) is 79.0 cm³/mol. The molecule has 0 atom stereocenters. The molecule has 98 valence electrons. The Morgan fingerprint density at radius 2 is 1.74 bits per heavy atom. The van der Waals surface area contributed by atoms with Crippen LogP contribution in [-0.2, 0) is 0 Å². The van der Waals surface area contributed by atoms with Crippen molar-refractivity contribution in [2.24, 2.45) is 0 Å². The van der Waals surface area contributed by atoms with Crippen LogP contribution in [0.5, 0.6) is 0 Å². The molecule has 0 aromatic heterocycles. The lowest BCUT2D eigenvalue weighted by atomic mass is 10.0. The molecular weight excluding hydrogens is 256 g/mol. The smallest absolute Gasteiger partial charge is 0.336 e. The Bertz CT molecular complexity index is 615. The number of benzene rings is 2. The van der Waals surface area contributed by atoms with Gasteiger partial charge in [0.1, 0.15) is 0 Å². The Hall–Kier alpha value is -1.48. The van der Waals surface area contributed by atoms with Crippen molar-refractivity contribution in [1.29, 1.82) is 0 Å². The van der Waals surface area contributed by atoms with Gasteiger partial charge >= 0.3 is 5.97 Å². The first-order valence-corrected chi connectivity index (χ1v) is 7.55. The Balaban J connectivity index is 2.05. The summed E-state index contributed by atoms with van der Waals surface area (Å²) in [7, 11) is 0. The van der Waals surface area contributed by atoms with Crippen LogP contribution in [0.3, 0.4) is 0 Å². The van der Waals surface area contributed by atoms with Gasteiger partial charge in [0.05, 0.1) is 5.56 Å². The van der Waals surface area contributed by atoms with Crippen LogP contribution in [0, 0.1) is 0 Å². The Labute approximate surface area is 116 Å². The van der Waals surface area contributed by atoms with E-state index < -0.39 is 5.97 Å². The number of fused-ring (bicyclic) bond motifs is 1. The van der Waals surface area contributed by atoms with Crippen LogP contribution in [-0.4, -0.2) is 16.3 Å². The molecule has 1 saturated carbocycles. The highest BCUT2D eigenvalue weighted by Gasteiger charge is 2.18. The molecule has 0 spiro atoms. The number of hydrogen-bond acceptors (Lipinski definition) is 2. The molecule has 0 unspecified atom stereocenters. The zero-order valence-electron chi connectivity index (χ0n) is 10.6. The molecule has 3 heteroatoms. The number of carboxylic acids is 1. The monoisotopic (exact) mass is 272 g/mol. The molecule has 0 bridgehead atoms. The molecule has 3 rings (SSSR count). The highest BCUT2D eigenvalue weighted by Crippen LogP contribution is 2.38. The van der Waals surface area contributed by atoms with E-state index >= 15 is 0 Å². The first-order chi connectivity index (χ1) is 9.25. The van der Waals surface area contributed by atoms with Crippen molar-refractivity contribution in [3.63, 3.8) is 0 Å². The van der Waals surface area contributed by atoms with Gasteiger partial charge in [-0.15, -0.1) is 11.8 Å². The second-order valence-electron chi connectivity index (χ2n) is 4.99. The maximum Gasteiger partial charge on any atom is 0.336 e. The largest absolute Gasteiger partial charge is 0.478 e. The SMILES string of the molecule is O=C(O)c1ccc(SC2CCCC2)c2ccccc12. The summed E-state index contributed by atoms with van der Waals surface area (Å²) < 4.78 is 0. The van der Waals surface area contributed by atoms with Crippen molar-refractivity contribution in [2.45, 2.75) is 35.8 Å². The van der Waals surface area contributed by atoms with E-state index in [0.29, 0.717) is 10.8 Å². The summed E-state index contributed by atoms with van der Waals surface area (Å²) in [4.78, 5) is 12.5. The maximum atomic E-state index is 11.3. The third-order valence-corrected chi connectivity index (χ3v) is 5.12. The Morgan fingerprint density at radius 1 is 1.05 bits per heavy atom. The number of carboxylic acid groups (broad SMARTS) is 1. The van der Waals surface area contributed by atoms with E-state index in [9.17, 15) is 9.90 Å². The van der Waals surface area contributed by atoms with Crippen LogP contribution in [0.25, 0.3) is 10.8 Å². The van der Waals surface area contributed by atoms with Crippen LogP contribution in [0.15, 0.2) is 41.3 Å². The standard InChI is InChI=1S/C16H16O2S/c17-16(18)14-9-10-15(19-11-5-1-2-6-11)13-8-4-3-7-12(13)14/h3-4,7-11H,1-2,5-6H2,(H,17,18). The second-order valence-corrected chi connectivity index (χ2v) is 6.33. The summed E-state index contributed by atoms with van der Waals surface area (Å²) in [6.45, 7) is 0. The van der Waals surface area contributed by atoms with Crippen molar-refractivity contribution in [3.05, 3.63) is 42.0 Å². The van der Waals surface area contributed by atoms with E-state index in [4.69, 9.17) is 0 Å². The first-order valence-electron chi connectivity index (χ1n) is 6.67. The van der Waals surface area contributed by atoms with Gasteiger partial charge in [-0.05, 0) is 35.7 Å². The topological polar surface area (TPSA) is 37.3 Å². The van der Waals surface area contributed by atoms with Gasteiger partial charge in [0.15, 0.2) is 0 Å². The zero-order chi connectivity index (χ0) is 13.2. The van der Waals surface area contributed by atoms with E-state index in [1.807, 2.05) is 42.1 Å². The molecule has 1 aliphatic rings. The molecule has 2 aromatic carbocycles. The van der Waals surface area contributed by atoms with Gasteiger partial charge in [-0.1, -0.05) is 37.1 Å². The van der Waals surface area contributed by atoms with Gasteiger partial charge in [0, 0.05) is 10.1 Å². The molecular formula is C16H16O2S. The lowest BCUT2D eigenvalue weighted by Crippen LogP contribution is -1.99. The molecule has 2 aromatic rings. The van der Waals surface area contributed by atoms with Crippen molar-refractivity contribution in [1.82, 2.24) is 0 Å². The molecule has 2 nitrogen and oxygen atoms in total. The van der Waals surface area contributed by atoms with Gasteiger partial charge in [-0.25, -0.2) is 4.79 Å². The van der Waals surface area contributed by atoms with Crippen LogP contribution in [0.1, 0.15) is 36.0 Å². The van der Waals surface area contributed by atoms with E-state index in [0.717, 1.165) is 10.8 Å². The fourth-order valence-corrected chi connectivity index (χ4v) is 4.13. The molecule has 1 fully saturated rings. The zero-order valence-corrected chi connectivity index (χ0v) is 11.5. The van der Waals surface area contributed by atoms with Crippen molar-refractivity contribution in [2.75, 3.05) is 0 Å². The summed E-state index contributed by atoms with van der Waals surface area (Å²) in [6, 6.07) is 11.5. The molecule has 0 saturated heterocycles. The molecule has 0 radical (unpaired) electrons. The first kappa shape index (κ1) is 12.5. The van der Waals surface area contributed by atoms with Crippen LogP contribution in [0.4, 0.5) is 0 Å². The van der Waals surface area contributed by atoms with Gasteiger partial charge in [0.2, 0.25) is 0 Å². The van der Waals surface area contributed by atoms with Crippen molar-refractivity contribution < 1.29 is 9.90 Å².